The summed E-state index contributed by atoms with van der Waals surface area (Å²) in [5, 5.41) is 3.15. The monoisotopic (exact) mass is 416 g/mol. The highest BCUT2D eigenvalue weighted by Gasteiger charge is 2.44. The van der Waals surface area contributed by atoms with Gasteiger partial charge in [0.25, 0.3) is 11.8 Å². The topological polar surface area (TPSA) is 59.4 Å². The lowest BCUT2D eigenvalue weighted by Crippen LogP contribution is -2.57. The van der Waals surface area contributed by atoms with Crippen LogP contribution >= 0.6 is 0 Å². The largest absolute Gasteiger partial charge is 0.491 e. The van der Waals surface area contributed by atoms with Crippen LogP contribution in [-0.2, 0) is 6.54 Å². The Morgan fingerprint density at radius 2 is 2.03 bits per heavy atom. The molecule has 30 heavy (non-hydrogen) atoms. The molecule has 8 heteroatoms. The molecule has 0 bridgehead atoms. The van der Waals surface area contributed by atoms with E-state index < -0.39 is 5.92 Å². The van der Waals surface area contributed by atoms with Crippen molar-refractivity contribution in [3.8, 4) is 17.0 Å². The van der Waals surface area contributed by atoms with Gasteiger partial charge >= 0.3 is 0 Å². The number of halogens is 2. The molecule has 6 nitrogen and oxygen atoms in total. The van der Waals surface area contributed by atoms with Gasteiger partial charge < -0.3 is 14.6 Å². The second kappa shape index (κ2) is 7.65. The van der Waals surface area contributed by atoms with E-state index in [0.717, 1.165) is 55.8 Å². The van der Waals surface area contributed by atoms with E-state index in [1.807, 2.05) is 21.6 Å². The van der Waals surface area contributed by atoms with Crippen molar-refractivity contribution >= 4 is 5.91 Å². The summed E-state index contributed by atoms with van der Waals surface area (Å²) in [5.74, 6) is -1.37. The summed E-state index contributed by atoms with van der Waals surface area (Å²) in [6.45, 7) is 1.83. The van der Waals surface area contributed by atoms with Gasteiger partial charge in [0.05, 0.1) is 37.9 Å². The van der Waals surface area contributed by atoms with Crippen molar-refractivity contribution in [2.75, 3.05) is 26.2 Å². The molecule has 2 aliphatic heterocycles. The van der Waals surface area contributed by atoms with Crippen molar-refractivity contribution in [2.45, 2.75) is 44.2 Å². The van der Waals surface area contributed by atoms with Gasteiger partial charge in [0.1, 0.15) is 12.4 Å². The molecule has 160 valence electrons. The molecule has 1 saturated heterocycles. The van der Waals surface area contributed by atoms with Crippen molar-refractivity contribution in [3.05, 3.63) is 36.3 Å². The van der Waals surface area contributed by atoms with Gasteiger partial charge in [0.15, 0.2) is 0 Å². The molecule has 1 saturated carbocycles. The molecule has 1 N–H and O–H groups in total. The highest BCUT2D eigenvalue weighted by molar-refractivity contribution is 5.96. The lowest BCUT2D eigenvalue weighted by atomic mass is 9.85. The Balaban J connectivity index is 1.18. The van der Waals surface area contributed by atoms with Crippen molar-refractivity contribution in [1.29, 1.82) is 0 Å². The fraction of sp³-hybridized carbons (Fsp3) is 0.545. The quantitative estimate of drug-likeness (QED) is 0.832. The zero-order valence-electron chi connectivity index (χ0n) is 16.8. The smallest absolute Gasteiger partial charge is 0.272 e. The maximum atomic E-state index is 13.0. The fourth-order valence-electron chi connectivity index (χ4n) is 4.83. The van der Waals surface area contributed by atoms with Crippen LogP contribution in [0.5, 0.6) is 5.75 Å². The van der Waals surface area contributed by atoms with Crippen LogP contribution in [0.15, 0.2) is 30.7 Å². The van der Waals surface area contributed by atoms with Crippen LogP contribution in [0.3, 0.4) is 0 Å². The van der Waals surface area contributed by atoms with E-state index in [1.165, 1.54) is 0 Å². The molecule has 2 aromatic rings. The number of hydrogen-bond donors (Lipinski definition) is 1. The maximum Gasteiger partial charge on any atom is 0.272 e. The Labute approximate surface area is 174 Å². The molecule has 1 aliphatic carbocycles. The third kappa shape index (κ3) is 3.93. The summed E-state index contributed by atoms with van der Waals surface area (Å²) in [7, 11) is 0. The molecule has 0 spiro atoms. The first-order valence-electron chi connectivity index (χ1n) is 10.7. The molecule has 1 aromatic heterocycles. The van der Waals surface area contributed by atoms with Crippen LogP contribution in [0, 0.1) is 5.92 Å². The van der Waals surface area contributed by atoms with Crippen LogP contribution in [0.2, 0.25) is 0 Å². The number of aromatic nitrogens is 2. The first-order chi connectivity index (χ1) is 14.5. The van der Waals surface area contributed by atoms with Gasteiger partial charge in [-0.25, -0.2) is 13.8 Å². The van der Waals surface area contributed by atoms with Crippen LogP contribution in [0.4, 0.5) is 8.78 Å². The highest BCUT2D eigenvalue weighted by Crippen LogP contribution is 2.34. The number of benzene rings is 1. The van der Waals surface area contributed by atoms with Crippen molar-refractivity contribution in [3.63, 3.8) is 0 Å². The predicted octanol–water partition coefficient (Wildman–Crippen LogP) is 3.18. The first kappa shape index (κ1) is 19.5. The SMILES string of the molecule is O=C(NC1CCC(CN2CC(F)(F)C2)CC1)c1ccc2c(c1)-c1cncn1CCO2. The fourth-order valence-corrected chi connectivity index (χ4v) is 4.83. The number of fused-ring (bicyclic) bond motifs is 3. The van der Waals surface area contributed by atoms with Crippen LogP contribution < -0.4 is 10.1 Å². The van der Waals surface area contributed by atoms with Gasteiger partial charge in [-0.1, -0.05) is 0 Å². The molecule has 3 aliphatic rings. The molecule has 0 unspecified atom stereocenters. The van der Waals surface area contributed by atoms with Gasteiger partial charge in [0, 0.05) is 23.7 Å². The third-order valence-corrected chi connectivity index (χ3v) is 6.43. The minimum atomic E-state index is -2.50. The molecular formula is C22H26F2N4O2. The highest BCUT2D eigenvalue weighted by atomic mass is 19.3. The van der Waals surface area contributed by atoms with Crippen LogP contribution in [0.1, 0.15) is 36.0 Å². The lowest BCUT2D eigenvalue weighted by Gasteiger charge is -2.41. The van der Waals surface area contributed by atoms with E-state index in [0.29, 0.717) is 18.1 Å². The van der Waals surface area contributed by atoms with Gasteiger partial charge in [-0.05, 0) is 49.8 Å². The summed E-state index contributed by atoms with van der Waals surface area (Å²) >= 11 is 0. The summed E-state index contributed by atoms with van der Waals surface area (Å²) in [5.41, 5.74) is 2.44. The first-order valence-corrected chi connectivity index (χ1v) is 10.7. The number of imidazole rings is 1. The number of nitrogens with one attached hydrogen (secondary N) is 1. The summed E-state index contributed by atoms with van der Waals surface area (Å²) < 4.78 is 33.8. The average molecular weight is 416 g/mol. The number of ether oxygens (including phenoxy) is 1. The Kier molecular flexibility index (Phi) is 4.97. The van der Waals surface area contributed by atoms with Gasteiger partial charge in [-0.15, -0.1) is 0 Å². The number of alkyl halides is 2. The molecule has 2 fully saturated rings. The second-order valence-electron chi connectivity index (χ2n) is 8.75. The number of hydrogen-bond acceptors (Lipinski definition) is 4. The summed E-state index contributed by atoms with van der Waals surface area (Å²) in [4.78, 5) is 18.9. The van der Waals surface area contributed by atoms with Crippen LogP contribution in [-0.4, -0.2) is 58.6 Å². The van der Waals surface area contributed by atoms with E-state index in [2.05, 4.69) is 10.3 Å². The second-order valence-corrected chi connectivity index (χ2v) is 8.75. The molecule has 0 atom stereocenters. The third-order valence-electron chi connectivity index (χ3n) is 6.43. The lowest BCUT2D eigenvalue weighted by molar-refractivity contribution is -0.135. The van der Waals surface area contributed by atoms with Gasteiger partial charge in [-0.2, -0.15) is 0 Å². The standard InChI is InChI=1S/C22H26F2N4O2/c23-22(24)12-27(13-22)11-15-1-4-17(5-2-15)26-21(29)16-3-6-20-18(9-16)19-10-25-14-28(19)7-8-30-20/h3,6,9-10,14-15,17H,1-2,4-5,7-8,11-13H2,(H,26,29). The minimum absolute atomic E-state index is 0.0843. The minimum Gasteiger partial charge on any atom is -0.491 e. The van der Waals surface area contributed by atoms with E-state index in [-0.39, 0.29) is 25.0 Å². The van der Waals surface area contributed by atoms with E-state index in [9.17, 15) is 13.6 Å². The Bertz CT molecular complexity index is 929. The number of likely N-dealkylation sites (tertiary alicyclic amines) is 1. The van der Waals surface area contributed by atoms with Gasteiger partial charge in [-0.3, -0.25) is 9.69 Å². The maximum absolute atomic E-state index is 13.0. The molecule has 5 rings (SSSR count). The summed E-state index contributed by atoms with van der Waals surface area (Å²) in [6, 6.07) is 5.66. The van der Waals surface area contributed by atoms with Crippen molar-refractivity contribution < 1.29 is 18.3 Å². The Hall–Kier alpha value is -2.48. The van der Waals surface area contributed by atoms with Crippen molar-refractivity contribution in [1.82, 2.24) is 19.8 Å². The Morgan fingerprint density at radius 3 is 2.80 bits per heavy atom. The summed E-state index contributed by atoms with van der Waals surface area (Å²) in [6.07, 6.45) is 7.28. The number of carbonyl (C=O) groups is 1. The molecule has 0 radical (unpaired) electrons. The number of carbonyl (C=O) groups excluding carboxylic acids is 1. The Morgan fingerprint density at radius 1 is 1.23 bits per heavy atom. The molecular weight excluding hydrogens is 390 g/mol. The molecule has 1 amide bonds. The van der Waals surface area contributed by atoms with E-state index >= 15 is 0 Å². The average Bonchev–Trinajstić information content (AvgIpc) is 3.09. The number of amides is 1. The van der Waals surface area contributed by atoms with E-state index in [4.69, 9.17) is 4.74 Å². The number of nitrogens with zero attached hydrogens (tertiary/aromatic N) is 3. The van der Waals surface area contributed by atoms with Crippen molar-refractivity contribution in [2.24, 2.45) is 5.92 Å². The molecule has 3 heterocycles. The van der Waals surface area contributed by atoms with Crippen LogP contribution in [0.25, 0.3) is 11.3 Å². The number of rotatable bonds is 4. The van der Waals surface area contributed by atoms with Gasteiger partial charge in [0.2, 0.25) is 0 Å². The normalized spacial score (nSPS) is 25.3. The van der Waals surface area contributed by atoms with E-state index in [1.54, 1.807) is 18.6 Å². The predicted molar refractivity (Wildman–Crippen MR) is 108 cm³/mol. The molecule has 1 aromatic carbocycles. The zero-order chi connectivity index (χ0) is 20.7. The zero-order valence-corrected chi connectivity index (χ0v) is 16.8.